The van der Waals surface area contributed by atoms with E-state index in [1.54, 1.807) is 0 Å². The van der Waals surface area contributed by atoms with Crippen LogP contribution in [-0.2, 0) is 0 Å². The van der Waals surface area contributed by atoms with Gasteiger partial charge >= 0.3 is 0 Å². The first-order valence-corrected chi connectivity index (χ1v) is 8.05. The Kier molecular flexibility index (Phi) is 3.54. The Bertz CT molecular complexity index is 889. The van der Waals surface area contributed by atoms with Crippen molar-refractivity contribution in [3.8, 4) is 0 Å². The van der Waals surface area contributed by atoms with Crippen LogP contribution in [0.1, 0.15) is 27.7 Å². The molecule has 24 heavy (non-hydrogen) atoms. The molecule has 0 spiro atoms. The molecular formula is C21H18N2O. The molecule has 0 radical (unpaired) electrons. The van der Waals surface area contributed by atoms with Crippen LogP contribution in [0.2, 0.25) is 0 Å². The second-order valence-corrected chi connectivity index (χ2v) is 6.02. The number of nitrogens with one attached hydrogen (secondary N) is 1. The molecule has 1 aliphatic heterocycles. The van der Waals surface area contributed by atoms with Crippen LogP contribution < -0.4 is 10.2 Å². The molecule has 1 atom stereocenters. The van der Waals surface area contributed by atoms with Crippen LogP contribution >= 0.6 is 0 Å². The van der Waals surface area contributed by atoms with Crippen molar-refractivity contribution in [3.05, 3.63) is 95.6 Å². The fraction of sp³-hybridized carbons (Fsp3) is 0.0952. The lowest BCUT2D eigenvalue weighted by atomic mass is 10.0. The molecule has 0 bridgehead atoms. The van der Waals surface area contributed by atoms with Crippen molar-refractivity contribution < 1.29 is 4.79 Å². The maximum atomic E-state index is 13.2. The molecule has 0 aromatic heterocycles. The lowest BCUT2D eigenvalue weighted by Gasteiger charge is -2.38. The van der Waals surface area contributed by atoms with Crippen molar-refractivity contribution in [1.82, 2.24) is 0 Å². The molecule has 3 nitrogen and oxygen atoms in total. The molecule has 1 aliphatic rings. The Morgan fingerprint density at radius 1 is 0.875 bits per heavy atom. The van der Waals surface area contributed by atoms with E-state index in [2.05, 4.69) is 30.4 Å². The summed E-state index contributed by atoms with van der Waals surface area (Å²) in [6.07, 6.45) is -0.227. The standard InChI is InChI=1S/C21H18N2O/c1-15-8-7-9-16(14-15)20-22-19-13-6-5-12-18(19)21(24)23(20)17-10-3-2-4-11-17/h2-14,20,22H,1H3. The lowest BCUT2D eigenvalue weighted by molar-refractivity contribution is 0.0975. The minimum Gasteiger partial charge on any atom is -0.360 e. The molecular weight excluding hydrogens is 296 g/mol. The maximum Gasteiger partial charge on any atom is 0.262 e. The van der Waals surface area contributed by atoms with Crippen LogP contribution in [0.5, 0.6) is 0 Å². The Morgan fingerprint density at radius 3 is 2.42 bits per heavy atom. The zero-order valence-corrected chi connectivity index (χ0v) is 13.4. The van der Waals surface area contributed by atoms with E-state index in [4.69, 9.17) is 0 Å². The normalized spacial score (nSPS) is 16.5. The van der Waals surface area contributed by atoms with Gasteiger partial charge in [0.25, 0.3) is 5.91 Å². The third-order valence-electron chi connectivity index (χ3n) is 4.32. The van der Waals surface area contributed by atoms with E-state index in [-0.39, 0.29) is 12.1 Å². The van der Waals surface area contributed by atoms with Gasteiger partial charge in [0, 0.05) is 11.4 Å². The minimum atomic E-state index is -0.227. The predicted octanol–water partition coefficient (Wildman–Crippen LogP) is 4.77. The maximum absolute atomic E-state index is 13.2. The van der Waals surface area contributed by atoms with E-state index in [1.807, 2.05) is 65.6 Å². The van der Waals surface area contributed by atoms with Gasteiger partial charge in [0.1, 0.15) is 6.17 Å². The van der Waals surface area contributed by atoms with Gasteiger partial charge in [-0.3, -0.25) is 9.69 Å². The number of anilines is 2. The van der Waals surface area contributed by atoms with Crippen molar-refractivity contribution in [3.63, 3.8) is 0 Å². The number of hydrogen-bond donors (Lipinski definition) is 1. The van der Waals surface area contributed by atoms with Crippen LogP contribution in [0, 0.1) is 6.92 Å². The van der Waals surface area contributed by atoms with E-state index in [9.17, 15) is 4.79 Å². The molecule has 0 saturated heterocycles. The largest absolute Gasteiger partial charge is 0.360 e. The van der Waals surface area contributed by atoms with Gasteiger partial charge in [-0.15, -0.1) is 0 Å². The molecule has 1 heterocycles. The van der Waals surface area contributed by atoms with Crippen LogP contribution in [0.4, 0.5) is 11.4 Å². The summed E-state index contributed by atoms with van der Waals surface area (Å²) in [5.74, 6) is 0.0158. The first kappa shape index (κ1) is 14.5. The smallest absolute Gasteiger partial charge is 0.262 e. The molecule has 1 N–H and O–H groups in total. The van der Waals surface area contributed by atoms with Crippen molar-refractivity contribution in [2.75, 3.05) is 10.2 Å². The molecule has 1 unspecified atom stereocenters. The number of fused-ring (bicyclic) bond motifs is 1. The highest BCUT2D eigenvalue weighted by molar-refractivity contribution is 6.12. The Labute approximate surface area is 141 Å². The number of benzene rings is 3. The summed E-state index contributed by atoms with van der Waals surface area (Å²) in [6.45, 7) is 2.06. The van der Waals surface area contributed by atoms with Crippen molar-refractivity contribution in [2.45, 2.75) is 13.1 Å². The van der Waals surface area contributed by atoms with Gasteiger partial charge in [0.05, 0.1) is 5.56 Å². The van der Waals surface area contributed by atoms with E-state index in [1.165, 1.54) is 5.56 Å². The molecule has 3 heteroatoms. The van der Waals surface area contributed by atoms with Crippen molar-refractivity contribution in [2.24, 2.45) is 0 Å². The number of nitrogens with zero attached hydrogens (tertiary/aromatic N) is 1. The molecule has 3 aromatic carbocycles. The van der Waals surface area contributed by atoms with Gasteiger partial charge in [0.2, 0.25) is 0 Å². The predicted molar refractivity (Wildman–Crippen MR) is 97.2 cm³/mol. The molecule has 0 aliphatic carbocycles. The van der Waals surface area contributed by atoms with Gasteiger partial charge < -0.3 is 5.32 Å². The average molecular weight is 314 g/mol. The molecule has 0 saturated carbocycles. The molecule has 118 valence electrons. The second kappa shape index (κ2) is 5.85. The van der Waals surface area contributed by atoms with Crippen LogP contribution in [0.15, 0.2) is 78.9 Å². The first-order valence-electron chi connectivity index (χ1n) is 8.05. The summed E-state index contributed by atoms with van der Waals surface area (Å²) in [6, 6.07) is 25.7. The molecule has 1 amide bonds. The molecule has 4 rings (SSSR count). The third kappa shape index (κ3) is 2.44. The summed E-state index contributed by atoms with van der Waals surface area (Å²) in [4.78, 5) is 15.0. The Hall–Kier alpha value is -3.07. The van der Waals surface area contributed by atoms with E-state index in [0.717, 1.165) is 16.9 Å². The Morgan fingerprint density at radius 2 is 1.62 bits per heavy atom. The fourth-order valence-electron chi connectivity index (χ4n) is 3.18. The lowest BCUT2D eigenvalue weighted by Crippen LogP contribution is -2.43. The van der Waals surface area contributed by atoms with E-state index in [0.29, 0.717) is 5.56 Å². The number of hydrogen-bond acceptors (Lipinski definition) is 2. The number of carbonyl (C=O) groups is 1. The third-order valence-corrected chi connectivity index (χ3v) is 4.32. The highest BCUT2D eigenvalue weighted by Gasteiger charge is 2.33. The van der Waals surface area contributed by atoms with Gasteiger partial charge in [-0.25, -0.2) is 0 Å². The quantitative estimate of drug-likeness (QED) is 0.739. The summed E-state index contributed by atoms with van der Waals surface area (Å²) < 4.78 is 0. The second-order valence-electron chi connectivity index (χ2n) is 6.02. The number of aryl methyl sites for hydroxylation is 1. The highest BCUT2D eigenvalue weighted by atomic mass is 16.2. The van der Waals surface area contributed by atoms with Crippen molar-refractivity contribution >= 4 is 17.3 Å². The van der Waals surface area contributed by atoms with Gasteiger partial charge in [-0.2, -0.15) is 0 Å². The van der Waals surface area contributed by atoms with Crippen LogP contribution in [0.25, 0.3) is 0 Å². The van der Waals surface area contributed by atoms with Gasteiger partial charge in [-0.1, -0.05) is 60.2 Å². The Balaban J connectivity index is 1.87. The first-order chi connectivity index (χ1) is 11.7. The summed E-state index contributed by atoms with van der Waals surface area (Å²) in [5.41, 5.74) is 4.71. The fourth-order valence-corrected chi connectivity index (χ4v) is 3.18. The van der Waals surface area contributed by atoms with E-state index >= 15 is 0 Å². The van der Waals surface area contributed by atoms with Crippen molar-refractivity contribution in [1.29, 1.82) is 0 Å². The number of para-hydroxylation sites is 2. The summed E-state index contributed by atoms with van der Waals surface area (Å²) in [5, 5.41) is 3.52. The van der Waals surface area contributed by atoms with Gasteiger partial charge in [0.15, 0.2) is 0 Å². The van der Waals surface area contributed by atoms with E-state index < -0.39 is 0 Å². The van der Waals surface area contributed by atoms with Crippen LogP contribution in [0.3, 0.4) is 0 Å². The van der Waals surface area contributed by atoms with Crippen LogP contribution in [-0.4, -0.2) is 5.91 Å². The zero-order valence-electron chi connectivity index (χ0n) is 13.4. The molecule has 3 aromatic rings. The SMILES string of the molecule is Cc1cccc(C2Nc3ccccc3C(=O)N2c2ccccc2)c1. The summed E-state index contributed by atoms with van der Waals surface area (Å²) >= 11 is 0. The highest BCUT2D eigenvalue weighted by Crippen LogP contribution is 2.36. The average Bonchev–Trinajstić information content (AvgIpc) is 2.62. The number of carbonyl (C=O) groups excluding carboxylic acids is 1. The topological polar surface area (TPSA) is 32.3 Å². The minimum absolute atomic E-state index is 0.0158. The number of amides is 1. The monoisotopic (exact) mass is 314 g/mol. The molecule has 0 fully saturated rings. The number of rotatable bonds is 2. The van der Waals surface area contributed by atoms with Gasteiger partial charge in [-0.05, 0) is 36.8 Å². The summed E-state index contributed by atoms with van der Waals surface area (Å²) in [7, 11) is 0. The zero-order chi connectivity index (χ0) is 16.5.